The molecule has 0 amide bonds. The van der Waals surface area contributed by atoms with Gasteiger partial charge >= 0.3 is 0 Å². The van der Waals surface area contributed by atoms with Gasteiger partial charge in [0.05, 0.1) is 11.3 Å². The summed E-state index contributed by atoms with van der Waals surface area (Å²) in [5.74, 6) is -0.782. The van der Waals surface area contributed by atoms with Gasteiger partial charge in [-0.15, -0.1) is 0 Å². The van der Waals surface area contributed by atoms with Crippen LogP contribution < -0.4 is 5.56 Å². The van der Waals surface area contributed by atoms with E-state index in [1.54, 1.807) is 24.3 Å². The summed E-state index contributed by atoms with van der Waals surface area (Å²) in [6.45, 7) is 0. The molecule has 5 nitrogen and oxygen atoms in total. The summed E-state index contributed by atoms with van der Waals surface area (Å²) in [6.07, 6.45) is 0. The molecule has 0 aliphatic carbocycles. The number of hydrogen-bond acceptors (Lipinski definition) is 5. The van der Waals surface area contributed by atoms with Crippen LogP contribution in [-0.4, -0.2) is 26.6 Å². The first-order chi connectivity index (χ1) is 15.1. The lowest BCUT2D eigenvalue weighted by Gasteiger charge is -2.18. The molecule has 0 bridgehead atoms. The van der Waals surface area contributed by atoms with Gasteiger partial charge in [0.2, 0.25) is 5.88 Å². The summed E-state index contributed by atoms with van der Waals surface area (Å²) in [5, 5.41) is 10.9. The minimum atomic E-state index is -0.469. The molecule has 31 heavy (non-hydrogen) atoms. The lowest BCUT2D eigenvalue weighted by atomic mass is 9.86. The van der Waals surface area contributed by atoms with E-state index in [1.165, 1.54) is 0 Å². The molecule has 0 spiro atoms. The monoisotopic (exact) mass is 428 g/mol. The second-order valence-corrected chi connectivity index (χ2v) is 7.90. The number of hydrogen-bond donors (Lipinski definition) is 2. The van der Waals surface area contributed by atoms with Crippen molar-refractivity contribution < 1.29 is 9.90 Å². The Kier molecular flexibility index (Phi) is 6.29. The number of carbonyl (C=O) groups excluding carboxylic acids is 1. The average molecular weight is 429 g/mol. The van der Waals surface area contributed by atoms with Crippen LogP contribution in [-0.2, 0) is 0 Å². The van der Waals surface area contributed by atoms with E-state index in [4.69, 9.17) is 0 Å². The van der Waals surface area contributed by atoms with Crippen molar-refractivity contribution in [2.45, 2.75) is 11.1 Å². The number of rotatable bonds is 7. The van der Waals surface area contributed by atoms with Gasteiger partial charge in [-0.1, -0.05) is 103 Å². The third kappa shape index (κ3) is 4.75. The van der Waals surface area contributed by atoms with E-state index in [9.17, 15) is 14.7 Å². The molecule has 0 atom stereocenters. The molecule has 0 saturated heterocycles. The highest BCUT2D eigenvalue weighted by Gasteiger charge is 2.25. The lowest BCUT2D eigenvalue weighted by molar-refractivity contribution is 0.102. The van der Waals surface area contributed by atoms with Gasteiger partial charge in [-0.05, 0) is 11.1 Å². The first kappa shape index (κ1) is 20.6. The number of benzene rings is 3. The van der Waals surface area contributed by atoms with Crippen molar-refractivity contribution in [2.75, 3.05) is 5.75 Å². The third-order valence-electron chi connectivity index (χ3n) is 4.90. The minimum absolute atomic E-state index is 0.0803. The summed E-state index contributed by atoms with van der Waals surface area (Å²) < 4.78 is 0. The largest absolute Gasteiger partial charge is 0.493 e. The van der Waals surface area contributed by atoms with Crippen LogP contribution in [0.3, 0.4) is 0 Å². The lowest BCUT2D eigenvalue weighted by Crippen LogP contribution is -2.20. The zero-order valence-electron chi connectivity index (χ0n) is 16.6. The van der Waals surface area contributed by atoms with Crippen molar-refractivity contribution in [1.82, 2.24) is 9.97 Å². The minimum Gasteiger partial charge on any atom is -0.493 e. The van der Waals surface area contributed by atoms with Crippen LogP contribution in [0.4, 0.5) is 0 Å². The highest BCUT2D eigenvalue weighted by atomic mass is 32.2. The number of H-pyrrole nitrogens is 1. The maximum atomic E-state index is 13.0. The highest BCUT2D eigenvalue weighted by Crippen LogP contribution is 2.34. The molecule has 1 heterocycles. The zero-order chi connectivity index (χ0) is 21.6. The van der Waals surface area contributed by atoms with Crippen LogP contribution in [0.1, 0.15) is 33.0 Å². The standard InChI is InChI=1S/C25H20N2O3S/c28-20(17-10-4-1-5-11-17)16-31-25-26-23(29)22(24(30)27-25)21(18-12-6-2-7-13-18)19-14-8-3-9-15-19/h1-15,21H,16H2,(H2,26,27,29,30). The number of aromatic amines is 1. The number of ketones is 1. The second kappa shape index (κ2) is 9.45. The molecule has 154 valence electrons. The molecule has 1 aromatic heterocycles. The Bertz CT molecular complexity index is 1190. The van der Waals surface area contributed by atoms with Crippen molar-refractivity contribution in [3.05, 3.63) is 124 Å². The van der Waals surface area contributed by atoms with E-state index in [0.29, 0.717) is 5.56 Å². The van der Waals surface area contributed by atoms with Crippen molar-refractivity contribution >= 4 is 17.5 Å². The second-order valence-electron chi connectivity index (χ2n) is 6.94. The fourth-order valence-corrected chi connectivity index (χ4v) is 4.19. The predicted octanol–water partition coefficient (Wildman–Crippen LogP) is 4.63. The van der Waals surface area contributed by atoms with Crippen molar-refractivity contribution in [3.63, 3.8) is 0 Å². The van der Waals surface area contributed by atoms with E-state index >= 15 is 0 Å². The first-order valence-electron chi connectivity index (χ1n) is 9.77. The number of Topliss-reactive ketones (excluding diaryl/α,β-unsaturated/α-hetero) is 1. The Morgan fingerprint density at radius 3 is 1.90 bits per heavy atom. The molecule has 0 radical (unpaired) electrons. The molecule has 0 saturated carbocycles. The van der Waals surface area contributed by atoms with E-state index < -0.39 is 11.5 Å². The molecule has 0 fully saturated rings. The number of carbonyl (C=O) groups is 1. The molecule has 0 aliphatic heterocycles. The van der Waals surface area contributed by atoms with Crippen molar-refractivity contribution in [1.29, 1.82) is 0 Å². The van der Waals surface area contributed by atoms with Crippen LogP contribution >= 0.6 is 11.8 Å². The van der Waals surface area contributed by atoms with Crippen LogP contribution in [0, 0.1) is 0 Å². The average Bonchev–Trinajstić information content (AvgIpc) is 2.81. The van der Waals surface area contributed by atoms with Crippen LogP contribution in [0.2, 0.25) is 0 Å². The smallest absolute Gasteiger partial charge is 0.259 e. The molecule has 0 unspecified atom stereocenters. The predicted molar refractivity (Wildman–Crippen MR) is 122 cm³/mol. The Balaban J connectivity index is 1.65. The number of aromatic nitrogens is 2. The quantitative estimate of drug-likeness (QED) is 0.255. The van der Waals surface area contributed by atoms with Crippen molar-refractivity contribution in [3.8, 4) is 5.88 Å². The highest BCUT2D eigenvalue weighted by molar-refractivity contribution is 7.99. The van der Waals surface area contributed by atoms with Gasteiger partial charge in [0.1, 0.15) is 0 Å². The number of thioether (sulfide) groups is 1. The Hall–Kier alpha value is -3.64. The van der Waals surface area contributed by atoms with Gasteiger partial charge in [0.15, 0.2) is 10.9 Å². The van der Waals surface area contributed by atoms with Crippen LogP contribution in [0.15, 0.2) is 101 Å². The van der Waals surface area contributed by atoms with Gasteiger partial charge in [-0.25, -0.2) is 0 Å². The number of nitrogens with zero attached hydrogens (tertiary/aromatic N) is 1. The molecule has 0 aliphatic rings. The Morgan fingerprint density at radius 2 is 1.39 bits per heavy atom. The molecule has 4 rings (SSSR count). The number of aromatic hydroxyl groups is 1. The molecule has 4 aromatic rings. The molecule has 2 N–H and O–H groups in total. The maximum absolute atomic E-state index is 13.0. The topological polar surface area (TPSA) is 83.0 Å². The SMILES string of the molecule is O=C(CSc1nc(O)c(C(c2ccccc2)c2ccccc2)c(=O)[nH]1)c1ccccc1. The Morgan fingerprint density at radius 1 is 0.871 bits per heavy atom. The molecule has 6 heteroatoms. The number of nitrogens with one attached hydrogen (secondary N) is 1. The van der Waals surface area contributed by atoms with Crippen molar-refractivity contribution in [2.24, 2.45) is 0 Å². The summed E-state index contributed by atoms with van der Waals surface area (Å²) in [4.78, 5) is 32.2. The molecule has 3 aromatic carbocycles. The summed E-state index contributed by atoms with van der Waals surface area (Å²) in [6, 6.07) is 27.9. The van der Waals surface area contributed by atoms with E-state index in [2.05, 4.69) is 9.97 Å². The van der Waals surface area contributed by atoms with Gasteiger partial charge in [0, 0.05) is 11.5 Å². The Labute approximate surface area is 183 Å². The zero-order valence-corrected chi connectivity index (χ0v) is 17.4. The van der Waals surface area contributed by atoms with Gasteiger partial charge in [-0.3, -0.25) is 9.59 Å². The van der Waals surface area contributed by atoms with E-state index in [0.717, 1.165) is 22.9 Å². The summed E-state index contributed by atoms with van der Waals surface area (Å²) >= 11 is 1.09. The van der Waals surface area contributed by atoms with Crippen LogP contribution in [0.25, 0.3) is 0 Å². The fourth-order valence-electron chi connectivity index (χ4n) is 3.44. The van der Waals surface area contributed by atoms with Gasteiger partial charge in [0.25, 0.3) is 5.56 Å². The van der Waals surface area contributed by atoms with Gasteiger partial charge in [-0.2, -0.15) is 4.98 Å². The molecular weight excluding hydrogens is 408 g/mol. The van der Waals surface area contributed by atoms with E-state index in [1.807, 2.05) is 66.7 Å². The summed E-state index contributed by atoms with van der Waals surface area (Å²) in [7, 11) is 0. The van der Waals surface area contributed by atoms with E-state index in [-0.39, 0.29) is 28.1 Å². The maximum Gasteiger partial charge on any atom is 0.259 e. The fraction of sp³-hybridized carbons (Fsp3) is 0.0800. The molecular formula is C25H20N2O3S. The van der Waals surface area contributed by atoms with Crippen LogP contribution in [0.5, 0.6) is 5.88 Å². The third-order valence-corrected chi connectivity index (χ3v) is 5.78. The van der Waals surface area contributed by atoms with Gasteiger partial charge < -0.3 is 10.1 Å². The first-order valence-corrected chi connectivity index (χ1v) is 10.8. The normalized spacial score (nSPS) is 10.9. The summed E-state index contributed by atoms with van der Waals surface area (Å²) in [5.41, 5.74) is 2.08.